The Morgan fingerprint density at radius 2 is 1.87 bits per heavy atom. The molecule has 2 N–H and O–H groups in total. The summed E-state index contributed by atoms with van der Waals surface area (Å²) in [5, 5.41) is 5.79. The number of nitrogens with zero attached hydrogens (tertiary/aromatic N) is 6. The minimum Gasteiger partial charge on any atom is -0.364 e. The van der Waals surface area contributed by atoms with Crippen LogP contribution in [0.15, 0.2) is 36.0 Å². The molecule has 9 nitrogen and oxygen atoms in total. The molecule has 2 aliphatic heterocycles. The summed E-state index contributed by atoms with van der Waals surface area (Å²) in [4.78, 5) is 38.8. The van der Waals surface area contributed by atoms with Crippen molar-refractivity contribution in [3.05, 3.63) is 47.9 Å². The van der Waals surface area contributed by atoms with Crippen LogP contribution in [0.2, 0.25) is 0 Å². The van der Waals surface area contributed by atoms with E-state index in [2.05, 4.69) is 25.0 Å². The monoisotopic (exact) mass is 423 g/mol. The number of hydrazone groups is 1. The van der Waals surface area contributed by atoms with E-state index in [0.29, 0.717) is 29.6 Å². The molecule has 10 heteroatoms. The Labute approximate surface area is 178 Å². The predicted octanol–water partition coefficient (Wildman–Crippen LogP) is 1.53. The first kappa shape index (κ1) is 19.5. The smallest absolute Gasteiger partial charge is 0.267 e. The fourth-order valence-electron chi connectivity index (χ4n) is 5.04. The zero-order chi connectivity index (χ0) is 21.5. The molecule has 160 valence electrons. The lowest BCUT2D eigenvalue weighted by Gasteiger charge is -2.26. The maximum absolute atomic E-state index is 13.6. The number of carbonyl (C=O) groups is 2. The van der Waals surface area contributed by atoms with Crippen LogP contribution in [0.4, 0.5) is 10.2 Å². The number of carbonyl (C=O) groups excluding carboxylic acids is 2. The summed E-state index contributed by atoms with van der Waals surface area (Å²) in [5.74, 6) is 0.289. The molecule has 1 saturated heterocycles. The molecular weight excluding hydrogens is 401 g/mol. The Balaban J connectivity index is 1.25. The number of hydrogen-bond acceptors (Lipinski definition) is 7. The van der Waals surface area contributed by atoms with E-state index >= 15 is 0 Å². The van der Waals surface area contributed by atoms with E-state index in [4.69, 9.17) is 5.73 Å². The first-order valence-electron chi connectivity index (χ1n) is 10.3. The van der Waals surface area contributed by atoms with Gasteiger partial charge < -0.3 is 10.6 Å². The van der Waals surface area contributed by atoms with Crippen molar-refractivity contribution >= 4 is 23.8 Å². The molecule has 1 saturated carbocycles. The van der Waals surface area contributed by atoms with E-state index in [0.717, 1.165) is 32.1 Å². The highest BCUT2D eigenvalue weighted by Gasteiger charge is 2.46. The van der Waals surface area contributed by atoms with Crippen molar-refractivity contribution in [2.75, 3.05) is 18.0 Å². The van der Waals surface area contributed by atoms with Gasteiger partial charge in [0, 0.05) is 43.9 Å². The number of rotatable bonds is 4. The van der Waals surface area contributed by atoms with E-state index in [1.54, 1.807) is 18.5 Å². The average Bonchev–Trinajstić information content (AvgIpc) is 3.48. The highest BCUT2D eigenvalue weighted by atomic mass is 19.1. The number of fused-ring (bicyclic) bond motifs is 1. The number of halogens is 1. The van der Waals surface area contributed by atoms with Gasteiger partial charge in [0.25, 0.3) is 5.91 Å². The molecule has 31 heavy (non-hydrogen) atoms. The molecule has 2 aromatic heterocycles. The molecule has 2 amide bonds. The minimum absolute atomic E-state index is 0.0120. The quantitative estimate of drug-likeness (QED) is 0.797. The summed E-state index contributed by atoms with van der Waals surface area (Å²) in [7, 11) is 0. The first-order valence-corrected chi connectivity index (χ1v) is 10.3. The van der Waals surface area contributed by atoms with Crippen LogP contribution in [-0.2, 0) is 4.79 Å². The van der Waals surface area contributed by atoms with Gasteiger partial charge in [-0.1, -0.05) is 0 Å². The van der Waals surface area contributed by atoms with Crippen molar-refractivity contribution < 1.29 is 14.0 Å². The summed E-state index contributed by atoms with van der Waals surface area (Å²) in [6.07, 6.45) is 7.90. The second kappa shape index (κ2) is 7.68. The lowest BCUT2D eigenvalue weighted by atomic mass is 10.0. The summed E-state index contributed by atoms with van der Waals surface area (Å²) in [6, 6.07) is 2.72. The third-order valence-electron chi connectivity index (χ3n) is 6.50. The maximum Gasteiger partial charge on any atom is 0.267 e. The largest absolute Gasteiger partial charge is 0.364 e. The predicted molar refractivity (Wildman–Crippen MR) is 109 cm³/mol. The molecule has 3 atom stereocenters. The minimum atomic E-state index is -0.581. The van der Waals surface area contributed by atoms with Crippen molar-refractivity contribution in [2.24, 2.45) is 28.6 Å². The van der Waals surface area contributed by atoms with Crippen LogP contribution in [0.25, 0.3) is 0 Å². The average molecular weight is 423 g/mol. The molecule has 2 fully saturated rings. The highest BCUT2D eigenvalue weighted by molar-refractivity contribution is 5.91. The Morgan fingerprint density at radius 3 is 2.58 bits per heavy atom. The lowest BCUT2D eigenvalue weighted by molar-refractivity contribution is -0.137. The van der Waals surface area contributed by atoms with E-state index < -0.39 is 11.7 Å². The van der Waals surface area contributed by atoms with Gasteiger partial charge in [0.2, 0.25) is 5.91 Å². The third-order valence-corrected chi connectivity index (χ3v) is 6.50. The Morgan fingerprint density at radius 1 is 1.10 bits per heavy atom. The van der Waals surface area contributed by atoms with Crippen LogP contribution in [0.5, 0.6) is 0 Å². The van der Waals surface area contributed by atoms with Crippen molar-refractivity contribution in [3.63, 3.8) is 0 Å². The van der Waals surface area contributed by atoms with E-state index in [1.165, 1.54) is 17.4 Å². The molecular formula is C21H22FN7O2. The Hall–Kier alpha value is -3.43. The van der Waals surface area contributed by atoms with Crippen LogP contribution >= 0.6 is 0 Å². The van der Waals surface area contributed by atoms with Gasteiger partial charge in [-0.15, -0.1) is 0 Å². The molecule has 0 aromatic carbocycles. The van der Waals surface area contributed by atoms with Crippen LogP contribution in [-0.4, -0.2) is 51.1 Å². The number of anilines is 1. The number of amides is 2. The number of primary amides is 1. The van der Waals surface area contributed by atoms with Gasteiger partial charge in [-0.25, -0.2) is 19.4 Å². The number of pyridine rings is 1. The molecule has 3 aliphatic rings. The van der Waals surface area contributed by atoms with Crippen molar-refractivity contribution in [3.8, 4) is 0 Å². The van der Waals surface area contributed by atoms with Gasteiger partial charge in [-0.3, -0.25) is 14.6 Å². The van der Waals surface area contributed by atoms with Gasteiger partial charge in [0.05, 0.1) is 12.2 Å². The summed E-state index contributed by atoms with van der Waals surface area (Å²) < 4.78 is 13.6. The van der Waals surface area contributed by atoms with Gasteiger partial charge >= 0.3 is 0 Å². The summed E-state index contributed by atoms with van der Waals surface area (Å²) >= 11 is 0. The standard InChI is InChI=1S/C21H22FN7O2/c22-16-5-13(7-24-8-16)18-1-2-27-29(18)21(31)12-3-14-9-28(10-15(14)4-12)19-6-17(20(23)30)25-11-26-19/h2,5-8,11-12,14-15,18H,1,3-4,9-10H2,(H2,23,30). The molecule has 0 bridgehead atoms. The number of nitrogens with two attached hydrogens (primary N) is 1. The van der Waals surface area contributed by atoms with E-state index in [1.807, 2.05) is 0 Å². The fourth-order valence-corrected chi connectivity index (χ4v) is 5.04. The van der Waals surface area contributed by atoms with Crippen LogP contribution in [0, 0.1) is 23.6 Å². The summed E-state index contributed by atoms with van der Waals surface area (Å²) in [5.41, 5.74) is 6.17. The van der Waals surface area contributed by atoms with Crippen LogP contribution in [0.1, 0.15) is 41.4 Å². The van der Waals surface area contributed by atoms with Crippen molar-refractivity contribution in [1.82, 2.24) is 20.0 Å². The van der Waals surface area contributed by atoms with Crippen molar-refractivity contribution in [1.29, 1.82) is 0 Å². The van der Waals surface area contributed by atoms with Crippen LogP contribution < -0.4 is 10.6 Å². The Kier molecular flexibility index (Phi) is 4.84. The van der Waals surface area contributed by atoms with E-state index in [-0.39, 0.29) is 23.6 Å². The first-order chi connectivity index (χ1) is 15.0. The molecule has 2 aromatic rings. The zero-order valence-corrected chi connectivity index (χ0v) is 16.8. The van der Waals surface area contributed by atoms with Crippen molar-refractivity contribution in [2.45, 2.75) is 25.3 Å². The fraction of sp³-hybridized carbons (Fsp3) is 0.429. The molecule has 0 radical (unpaired) electrons. The summed E-state index contributed by atoms with van der Waals surface area (Å²) in [6.45, 7) is 1.54. The molecule has 5 rings (SSSR count). The maximum atomic E-state index is 13.6. The van der Waals surface area contributed by atoms with Gasteiger partial charge in [-0.2, -0.15) is 5.10 Å². The second-order valence-corrected chi connectivity index (χ2v) is 8.39. The van der Waals surface area contributed by atoms with Gasteiger partial charge in [0.15, 0.2) is 0 Å². The molecule has 0 spiro atoms. The molecule has 3 unspecified atom stereocenters. The number of aromatic nitrogens is 3. The SMILES string of the molecule is NC(=O)c1cc(N2CC3CC(C(=O)N4N=CCC4c4cncc(F)c4)CC3C2)ncn1. The second-order valence-electron chi connectivity index (χ2n) is 8.39. The zero-order valence-electron chi connectivity index (χ0n) is 16.8. The molecule has 4 heterocycles. The topological polar surface area (TPSA) is 118 Å². The van der Waals surface area contributed by atoms with E-state index in [9.17, 15) is 14.0 Å². The van der Waals surface area contributed by atoms with Gasteiger partial charge in [-0.05, 0) is 36.3 Å². The highest BCUT2D eigenvalue weighted by Crippen LogP contribution is 2.44. The lowest BCUT2D eigenvalue weighted by Crippen LogP contribution is -2.33. The number of hydrogen-bond donors (Lipinski definition) is 1. The Bertz CT molecular complexity index is 1050. The molecule has 1 aliphatic carbocycles. The van der Waals surface area contributed by atoms with Crippen LogP contribution in [0.3, 0.4) is 0 Å². The normalized spacial score (nSPS) is 27.0. The van der Waals surface area contributed by atoms with Gasteiger partial charge in [0.1, 0.15) is 23.7 Å². The third kappa shape index (κ3) is 3.62.